The second-order valence-electron chi connectivity index (χ2n) is 5.53. The third-order valence-electron chi connectivity index (χ3n) is 3.61. The van der Waals surface area contributed by atoms with Crippen LogP contribution in [0, 0.1) is 0 Å². The van der Waals surface area contributed by atoms with Crippen LogP contribution < -0.4 is 5.32 Å². The van der Waals surface area contributed by atoms with E-state index in [-0.39, 0.29) is 10.6 Å². The molecule has 132 valence electrons. The summed E-state index contributed by atoms with van der Waals surface area (Å²) in [5, 5.41) is 11.1. The molecule has 3 aromatic carbocycles. The number of benzene rings is 3. The summed E-state index contributed by atoms with van der Waals surface area (Å²) in [4.78, 5) is -0.296. The zero-order valence-electron chi connectivity index (χ0n) is 13.8. The average molecular weight is 367 g/mol. The number of hydrogen-bond acceptors (Lipinski definition) is 5. The summed E-state index contributed by atoms with van der Waals surface area (Å²) >= 11 is 0. The van der Waals surface area contributed by atoms with Crippen molar-refractivity contribution in [2.75, 3.05) is 5.32 Å². The molecule has 0 unspecified atom stereocenters. The van der Waals surface area contributed by atoms with Crippen molar-refractivity contribution in [2.24, 2.45) is 10.2 Å². The fourth-order valence-corrected chi connectivity index (χ4v) is 2.97. The van der Waals surface area contributed by atoms with Gasteiger partial charge in [0.2, 0.25) is 0 Å². The highest BCUT2D eigenvalue weighted by molar-refractivity contribution is 7.86. The molecule has 0 heterocycles. The molecule has 0 fully saturated rings. The fraction of sp³-hybridized carbons (Fsp3) is 0.0526. The molecule has 0 aromatic heterocycles. The minimum atomic E-state index is -4.44. The lowest BCUT2D eigenvalue weighted by molar-refractivity contribution is 0.483. The number of hydrogen-bond donors (Lipinski definition) is 2. The van der Waals surface area contributed by atoms with Gasteiger partial charge in [0.1, 0.15) is 10.6 Å². The fourth-order valence-electron chi connectivity index (χ4n) is 2.32. The Kier molecular flexibility index (Phi) is 5.40. The normalized spacial score (nSPS) is 11.6. The lowest BCUT2D eigenvalue weighted by Gasteiger charge is -2.09. The summed E-state index contributed by atoms with van der Waals surface area (Å²) in [5.74, 6) is 0. The quantitative estimate of drug-likeness (QED) is 0.476. The van der Waals surface area contributed by atoms with Crippen LogP contribution in [0.3, 0.4) is 0 Å². The van der Waals surface area contributed by atoms with Gasteiger partial charge in [-0.25, -0.2) is 0 Å². The Hall–Kier alpha value is -3.03. The van der Waals surface area contributed by atoms with E-state index in [1.54, 1.807) is 30.3 Å². The predicted octanol–water partition coefficient (Wildman–Crippen LogP) is 4.96. The molecule has 3 rings (SSSR count). The third-order valence-corrected chi connectivity index (χ3v) is 4.49. The lowest BCUT2D eigenvalue weighted by Crippen LogP contribution is -2.03. The molecule has 6 nitrogen and oxygen atoms in total. The van der Waals surface area contributed by atoms with Gasteiger partial charge in [0, 0.05) is 12.2 Å². The van der Waals surface area contributed by atoms with Crippen LogP contribution in [0.15, 0.2) is 94.0 Å². The molecule has 0 atom stereocenters. The first-order chi connectivity index (χ1) is 12.5. The summed E-state index contributed by atoms with van der Waals surface area (Å²) in [5.41, 5.74) is 2.26. The Morgan fingerprint density at radius 3 is 2.15 bits per heavy atom. The second kappa shape index (κ2) is 7.90. The van der Waals surface area contributed by atoms with Crippen molar-refractivity contribution in [3.63, 3.8) is 0 Å². The molecule has 0 amide bonds. The molecule has 7 heteroatoms. The van der Waals surface area contributed by atoms with E-state index in [2.05, 4.69) is 15.5 Å². The van der Waals surface area contributed by atoms with Gasteiger partial charge in [0.15, 0.2) is 0 Å². The van der Waals surface area contributed by atoms with Gasteiger partial charge in [-0.1, -0.05) is 48.5 Å². The van der Waals surface area contributed by atoms with Crippen molar-refractivity contribution >= 4 is 27.2 Å². The molecule has 26 heavy (non-hydrogen) atoms. The van der Waals surface area contributed by atoms with Crippen LogP contribution in [-0.4, -0.2) is 13.0 Å². The molecule has 0 saturated carbocycles. The lowest BCUT2D eigenvalue weighted by atomic mass is 10.2. The zero-order chi connectivity index (χ0) is 18.4. The van der Waals surface area contributed by atoms with Crippen LogP contribution in [-0.2, 0) is 16.7 Å². The SMILES string of the molecule is O=S(=O)(O)c1cc(NCc2ccccc2)ccc1N=Nc1ccccc1. The summed E-state index contributed by atoms with van der Waals surface area (Å²) in [7, 11) is -4.44. The van der Waals surface area contributed by atoms with Crippen molar-refractivity contribution in [1.29, 1.82) is 0 Å². The van der Waals surface area contributed by atoms with Crippen LogP contribution in [0.25, 0.3) is 0 Å². The molecule has 0 bridgehead atoms. The third kappa shape index (κ3) is 4.75. The van der Waals surface area contributed by atoms with Gasteiger partial charge in [-0.2, -0.15) is 13.5 Å². The predicted molar refractivity (Wildman–Crippen MR) is 101 cm³/mol. The topological polar surface area (TPSA) is 91.1 Å². The van der Waals surface area contributed by atoms with E-state index >= 15 is 0 Å². The van der Waals surface area contributed by atoms with E-state index in [1.807, 2.05) is 36.4 Å². The largest absolute Gasteiger partial charge is 0.381 e. The van der Waals surface area contributed by atoms with Crippen molar-refractivity contribution in [1.82, 2.24) is 0 Å². The molecule has 3 aromatic rings. The first-order valence-electron chi connectivity index (χ1n) is 7.88. The number of nitrogens with one attached hydrogen (secondary N) is 1. The number of anilines is 1. The second-order valence-corrected chi connectivity index (χ2v) is 6.92. The summed E-state index contributed by atoms with van der Waals surface area (Å²) in [6.45, 7) is 0.524. The van der Waals surface area contributed by atoms with E-state index in [9.17, 15) is 13.0 Å². The molecule has 0 spiro atoms. The van der Waals surface area contributed by atoms with Crippen LogP contribution >= 0.6 is 0 Å². The van der Waals surface area contributed by atoms with Gasteiger partial charge >= 0.3 is 0 Å². The highest BCUT2D eigenvalue weighted by Gasteiger charge is 2.16. The Bertz CT molecular complexity index is 1000. The van der Waals surface area contributed by atoms with Crippen LogP contribution in [0.4, 0.5) is 17.1 Å². The summed E-state index contributed by atoms with van der Waals surface area (Å²) in [6, 6.07) is 23.2. The molecule has 0 radical (unpaired) electrons. The maximum absolute atomic E-state index is 11.7. The van der Waals surface area contributed by atoms with Gasteiger partial charge in [-0.05, 0) is 35.9 Å². The molecule has 0 aliphatic rings. The minimum absolute atomic E-state index is 0.0709. The van der Waals surface area contributed by atoms with Crippen molar-refractivity contribution in [3.05, 3.63) is 84.4 Å². The Morgan fingerprint density at radius 2 is 1.50 bits per heavy atom. The first-order valence-corrected chi connectivity index (χ1v) is 9.32. The maximum Gasteiger partial charge on any atom is 0.296 e. The Labute approximate surface area is 152 Å². The highest BCUT2D eigenvalue weighted by atomic mass is 32.2. The van der Waals surface area contributed by atoms with E-state index < -0.39 is 10.1 Å². The van der Waals surface area contributed by atoms with Crippen LogP contribution in [0.5, 0.6) is 0 Å². The number of azo groups is 1. The molecule has 2 N–H and O–H groups in total. The van der Waals surface area contributed by atoms with Gasteiger partial charge in [0.05, 0.1) is 5.69 Å². The zero-order valence-corrected chi connectivity index (χ0v) is 14.6. The van der Waals surface area contributed by atoms with Gasteiger partial charge in [-0.3, -0.25) is 4.55 Å². The molecule has 0 saturated heterocycles. The van der Waals surface area contributed by atoms with E-state index in [1.165, 1.54) is 12.1 Å². The smallest absolute Gasteiger partial charge is 0.296 e. The first kappa shape index (κ1) is 17.8. The van der Waals surface area contributed by atoms with Crippen molar-refractivity contribution in [3.8, 4) is 0 Å². The molecular weight excluding hydrogens is 350 g/mol. The number of rotatable bonds is 6. The summed E-state index contributed by atoms with van der Waals surface area (Å²) < 4.78 is 33.0. The van der Waals surface area contributed by atoms with Crippen LogP contribution in [0.2, 0.25) is 0 Å². The average Bonchev–Trinajstić information content (AvgIpc) is 2.66. The van der Waals surface area contributed by atoms with E-state index in [0.29, 0.717) is 17.9 Å². The maximum atomic E-state index is 11.7. The van der Waals surface area contributed by atoms with Crippen molar-refractivity contribution < 1.29 is 13.0 Å². The summed E-state index contributed by atoms with van der Waals surface area (Å²) in [6.07, 6.45) is 0. The van der Waals surface area contributed by atoms with E-state index in [4.69, 9.17) is 0 Å². The standard InChI is InChI=1S/C19H17N3O3S/c23-26(24,25)19-13-17(20-14-15-7-3-1-4-8-15)11-12-18(19)22-21-16-9-5-2-6-10-16/h1-13,20H,14H2,(H,23,24,25). The van der Waals surface area contributed by atoms with E-state index in [0.717, 1.165) is 5.56 Å². The molecule has 0 aliphatic carbocycles. The molecular formula is C19H17N3O3S. The van der Waals surface area contributed by atoms with Crippen LogP contribution in [0.1, 0.15) is 5.56 Å². The van der Waals surface area contributed by atoms with Crippen molar-refractivity contribution in [2.45, 2.75) is 11.4 Å². The monoisotopic (exact) mass is 367 g/mol. The van der Waals surface area contributed by atoms with Gasteiger partial charge < -0.3 is 5.32 Å². The Balaban J connectivity index is 1.85. The van der Waals surface area contributed by atoms with Gasteiger partial charge in [0.25, 0.3) is 10.1 Å². The van der Waals surface area contributed by atoms with Gasteiger partial charge in [-0.15, -0.1) is 5.11 Å². The number of nitrogens with zero attached hydrogens (tertiary/aromatic N) is 2. The highest BCUT2D eigenvalue weighted by Crippen LogP contribution is 2.29. The Morgan fingerprint density at radius 1 is 0.846 bits per heavy atom. The molecule has 0 aliphatic heterocycles. The minimum Gasteiger partial charge on any atom is -0.381 e.